The van der Waals surface area contributed by atoms with Gasteiger partial charge in [0.15, 0.2) is 11.8 Å². The molecule has 3 nitrogen and oxygen atoms in total. The van der Waals surface area contributed by atoms with Crippen LogP contribution in [0.3, 0.4) is 0 Å². The van der Waals surface area contributed by atoms with Gasteiger partial charge in [-0.05, 0) is 6.92 Å². The number of rotatable bonds is 1. The quantitative estimate of drug-likeness (QED) is 0.427. The maximum Gasteiger partial charge on any atom is 0.348 e. The summed E-state index contributed by atoms with van der Waals surface area (Å²) in [5, 5.41) is 14.8. The van der Waals surface area contributed by atoms with Crippen LogP contribution in [0.5, 0.6) is 0 Å². The summed E-state index contributed by atoms with van der Waals surface area (Å²) < 4.78 is 0.787. The maximum absolute atomic E-state index is 11.6. The molecule has 1 aromatic carbocycles. The lowest BCUT2D eigenvalue weighted by molar-refractivity contribution is -0.317. The molecule has 0 saturated carbocycles. The number of hydrogen-bond donors (Lipinski definition) is 1. The summed E-state index contributed by atoms with van der Waals surface area (Å²) in [5.41, 5.74) is 1.61. The Kier molecular flexibility index (Phi) is 2.21. The molecular formula is C10H10N2OS. The molecule has 0 spiro atoms. The SMILES string of the molecule is CC1NC(=S)[N+]([O-])=C1c1ccccc1. The summed E-state index contributed by atoms with van der Waals surface area (Å²) in [6, 6.07) is 9.54. The fourth-order valence-corrected chi connectivity index (χ4v) is 1.85. The van der Waals surface area contributed by atoms with Crippen molar-refractivity contribution in [2.75, 3.05) is 0 Å². The van der Waals surface area contributed by atoms with E-state index in [1.807, 2.05) is 37.3 Å². The smallest absolute Gasteiger partial charge is 0.348 e. The van der Waals surface area contributed by atoms with Crippen molar-refractivity contribution in [3.05, 3.63) is 41.1 Å². The van der Waals surface area contributed by atoms with Gasteiger partial charge >= 0.3 is 5.11 Å². The highest BCUT2D eigenvalue weighted by Gasteiger charge is 2.30. The molecule has 1 unspecified atom stereocenters. The molecule has 1 aliphatic heterocycles. The predicted octanol–water partition coefficient (Wildman–Crippen LogP) is 1.26. The predicted molar refractivity (Wildman–Crippen MR) is 59.4 cm³/mol. The van der Waals surface area contributed by atoms with Gasteiger partial charge in [-0.2, -0.15) is 0 Å². The molecule has 0 aliphatic carbocycles. The second kappa shape index (κ2) is 3.38. The Morgan fingerprint density at radius 3 is 2.50 bits per heavy atom. The highest BCUT2D eigenvalue weighted by molar-refractivity contribution is 7.79. The van der Waals surface area contributed by atoms with Crippen molar-refractivity contribution >= 4 is 23.0 Å². The van der Waals surface area contributed by atoms with Gasteiger partial charge < -0.3 is 5.21 Å². The monoisotopic (exact) mass is 206 g/mol. The van der Waals surface area contributed by atoms with Crippen LogP contribution in [0.1, 0.15) is 12.5 Å². The lowest BCUT2D eigenvalue weighted by Gasteiger charge is -2.06. The van der Waals surface area contributed by atoms with E-state index in [-0.39, 0.29) is 11.2 Å². The molecule has 0 aromatic heterocycles. The van der Waals surface area contributed by atoms with Gasteiger partial charge in [-0.1, -0.05) is 30.3 Å². The van der Waals surface area contributed by atoms with E-state index in [9.17, 15) is 5.21 Å². The number of nitrogens with one attached hydrogen (secondary N) is 1. The highest BCUT2D eigenvalue weighted by atomic mass is 32.1. The molecule has 0 fully saturated rings. The minimum Gasteiger partial charge on any atom is -0.710 e. The highest BCUT2D eigenvalue weighted by Crippen LogP contribution is 2.09. The van der Waals surface area contributed by atoms with Gasteiger partial charge in [0.25, 0.3) is 0 Å². The van der Waals surface area contributed by atoms with Crippen molar-refractivity contribution in [1.82, 2.24) is 5.32 Å². The van der Waals surface area contributed by atoms with Gasteiger partial charge in [0.05, 0.1) is 0 Å². The molecule has 0 saturated heterocycles. The first-order valence-corrected chi connectivity index (χ1v) is 4.81. The van der Waals surface area contributed by atoms with Gasteiger partial charge in [-0.25, -0.2) is 4.74 Å². The van der Waals surface area contributed by atoms with E-state index < -0.39 is 0 Å². The average molecular weight is 206 g/mol. The molecule has 0 radical (unpaired) electrons. The number of hydrogen-bond acceptors (Lipinski definition) is 2. The van der Waals surface area contributed by atoms with Crippen molar-refractivity contribution in [3.63, 3.8) is 0 Å². The van der Waals surface area contributed by atoms with Crippen LogP contribution < -0.4 is 5.32 Å². The molecule has 1 atom stereocenters. The van der Waals surface area contributed by atoms with Crippen LogP contribution in [0, 0.1) is 5.21 Å². The first-order valence-electron chi connectivity index (χ1n) is 4.40. The van der Waals surface area contributed by atoms with Crippen molar-refractivity contribution in [1.29, 1.82) is 0 Å². The topological polar surface area (TPSA) is 38.1 Å². The van der Waals surface area contributed by atoms with Gasteiger partial charge in [0, 0.05) is 17.8 Å². The van der Waals surface area contributed by atoms with E-state index in [2.05, 4.69) is 5.32 Å². The van der Waals surface area contributed by atoms with Crippen molar-refractivity contribution in [2.24, 2.45) is 0 Å². The van der Waals surface area contributed by atoms with Crippen LogP contribution in [0.15, 0.2) is 30.3 Å². The lowest BCUT2D eigenvalue weighted by Crippen LogP contribution is -2.28. The zero-order valence-corrected chi connectivity index (χ0v) is 8.54. The molecule has 2 rings (SSSR count). The van der Waals surface area contributed by atoms with E-state index in [0.29, 0.717) is 5.71 Å². The Labute approximate surface area is 87.6 Å². The Hall–Kier alpha value is -1.42. The van der Waals surface area contributed by atoms with Crippen molar-refractivity contribution < 1.29 is 4.74 Å². The Morgan fingerprint density at radius 1 is 1.36 bits per heavy atom. The lowest BCUT2D eigenvalue weighted by atomic mass is 10.1. The van der Waals surface area contributed by atoms with Gasteiger partial charge in [-0.15, -0.1) is 0 Å². The Morgan fingerprint density at radius 2 is 2.00 bits per heavy atom. The summed E-state index contributed by atoms with van der Waals surface area (Å²) in [7, 11) is 0. The second-order valence-electron chi connectivity index (χ2n) is 3.22. The first-order chi connectivity index (χ1) is 6.70. The number of hydroxylamine groups is 1. The summed E-state index contributed by atoms with van der Waals surface area (Å²) in [6.07, 6.45) is 0. The van der Waals surface area contributed by atoms with Crippen LogP contribution in [-0.4, -0.2) is 21.6 Å². The molecule has 72 valence electrons. The fraction of sp³-hybridized carbons (Fsp3) is 0.200. The number of thiocarbonyl (C=S) groups is 1. The van der Waals surface area contributed by atoms with Crippen molar-refractivity contribution in [2.45, 2.75) is 13.0 Å². The minimum absolute atomic E-state index is 0.0117. The Balaban J connectivity index is 2.49. The summed E-state index contributed by atoms with van der Waals surface area (Å²) in [6.45, 7) is 1.92. The molecule has 0 amide bonds. The van der Waals surface area contributed by atoms with Gasteiger partial charge in [-0.3, -0.25) is 5.32 Å². The molecule has 1 aromatic rings. The van der Waals surface area contributed by atoms with E-state index in [4.69, 9.17) is 12.2 Å². The van der Waals surface area contributed by atoms with Crippen LogP contribution in [0.25, 0.3) is 0 Å². The van der Waals surface area contributed by atoms with Crippen LogP contribution in [-0.2, 0) is 0 Å². The maximum atomic E-state index is 11.6. The minimum atomic E-state index is -0.0117. The summed E-state index contributed by atoms with van der Waals surface area (Å²) >= 11 is 4.88. The van der Waals surface area contributed by atoms with Crippen LogP contribution in [0.2, 0.25) is 0 Å². The molecular weight excluding hydrogens is 196 g/mol. The van der Waals surface area contributed by atoms with Gasteiger partial charge in [0.2, 0.25) is 0 Å². The molecule has 4 heteroatoms. The van der Waals surface area contributed by atoms with Crippen LogP contribution in [0.4, 0.5) is 0 Å². The molecule has 0 bridgehead atoms. The number of benzene rings is 1. The summed E-state index contributed by atoms with van der Waals surface area (Å²) in [5.74, 6) is 0. The molecule has 1 aliphatic rings. The molecule has 1 N–H and O–H groups in total. The zero-order valence-electron chi connectivity index (χ0n) is 7.73. The third-order valence-corrected chi connectivity index (χ3v) is 2.51. The molecule has 1 heterocycles. The normalized spacial score (nSPS) is 21.2. The fourth-order valence-electron chi connectivity index (χ4n) is 1.57. The van der Waals surface area contributed by atoms with Gasteiger partial charge in [0.1, 0.15) is 0 Å². The Bertz CT molecular complexity index is 400. The first kappa shape index (κ1) is 9.15. The van der Waals surface area contributed by atoms with E-state index >= 15 is 0 Å². The van der Waals surface area contributed by atoms with Crippen molar-refractivity contribution in [3.8, 4) is 0 Å². The van der Waals surface area contributed by atoms with E-state index in [1.54, 1.807) is 0 Å². The largest absolute Gasteiger partial charge is 0.710 e. The average Bonchev–Trinajstić information content (AvgIpc) is 2.43. The summed E-state index contributed by atoms with van der Waals surface area (Å²) in [4.78, 5) is 0. The third-order valence-electron chi connectivity index (χ3n) is 2.22. The van der Waals surface area contributed by atoms with Crippen LogP contribution >= 0.6 is 12.2 Å². The van der Waals surface area contributed by atoms with E-state index in [0.717, 1.165) is 10.3 Å². The second-order valence-corrected chi connectivity index (χ2v) is 3.60. The third kappa shape index (κ3) is 1.37. The number of nitrogens with zero attached hydrogens (tertiary/aromatic N) is 1. The molecule has 14 heavy (non-hydrogen) atoms. The van der Waals surface area contributed by atoms with E-state index in [1.165, 1.54) is 0 Å². The zero-order chi connectivity index (χ0) is 10.1. The standard InChI is InChI=1S/C10H10N2OS/c1-7-9(12(13)10(14)11-7)8-5-3-2-4-6-8/h2-7H,1H3,(H,11,14).